The minimum Gasteiger partial charge on any atom is -0.417 e. The highest BCUT2D eigenvalue weighted by atomic mass is 19.3. The number of ether oxygens (including phenoxy) is 1. The highest BCUT2D eigenvalue weighted by Gasteiger charge is 2.07. The molecule has 0 bridgehead atoms. The van der Waals surface area contributed by atoms with Crippen molar-refractivity contribution in [2.24, 2.45) is 0 Å². The summed E-state index contributed by atoms with van der Waals surface area (Å²) in [4.78, 5) is 7.57. The van der Waals surface area contributed by atoms with Gasteiger partial charge >= 0.3 is 6.61 Å². The second kappa shape index (κ2) is 4.65. The van der Waals surface area contributed by atoms with Gasteiger partial charge in [-0.1, -0.05) is 30.3 Å². The summed E-state index contributed by atoms with van der Waals surface area (Å²) in [5.41, 5.74) is 1.37. The number of hydrogen-bond donors (Lipinski definition) is 0. The second-order valence-electron chi connectivity index (χ2n) is 2.99. The van der Waals surface area contributed by atoms with Crippen LogP contribution in [0.4, 0.5) is 8.78 Å². The van der Waals surface area contributed by atoms with Gasteiger partial charge in [-0.3, -0.25) is 0 Å². The smallest absolute Gasteiger partial charge is 0.388 e. The third-order valence-corrected chi connectivity index (χ3v) is 1.92. The van der Waals surface area contributed by atoms with E-state index in [0.717, 1.165) is 5.56 Å². The Kier molecular flexibility index (Phi) is 3.05. The molecule has 0 fully saturated rings. The molecule has 1 heterocycles. The first kappa shape index (κ1) is 10.5. The van der Waals surface area contributed by atoms with Gasteiger partial charge in [0, 0.05) is 11.6 Å². The summed E-state index contributed by atoms with van der Waals surface area (Å²) in [6.07, 6.45) is 1.19. The van der Waals surface area contributed by atoms with E-state index in [1.807, 2.05) is 30.3 Å². The van der Waals surface area contributed by atoms with Crippen LogP contribution in [0.15, 0.2) is 42.7 Å². The van der Waals surface area contributed by atoms with Crippen molar-refractivity contribution >= 4 is 0 Å². The summed E-state index contributed by atoms with van der Waals surface area (Å²) >= 11 is 0. The fraction of sp³-hybridized carbons (Fsp3) is 0.0909. The first-order valence-electron chi connectivity index (χ1n) is 4.58. The van der Waals surface area contributed by atoms with Gasteiger partial charge in [-0.15, -0.1) is 0 Å². The summed E-state index contributed by atoms with van der Waals surface area (Å²) < 4.78 is 28.1. The maximum absolute atomic E-state index is 12.0. The quantitative estimate of drug-likeness (QED) is 0.800. The summed E-state index contributed by atoms with van der Waals surface area (Å²) in [5.74, 6) is -0.135. The minimum absolute atomic E-state index is 0.135. The lowest BCUT2D eigenvalue weighted by Gasteiger charge is -2.04. The molecule has 3 nitrogen and oxygen atoms in total. The highest BCUT2D eigenvalue weighted by molar-refractivity contribution is 5.59. The molecule has 0 unspecified atom stereocenters. The van der Waals surface area contributed by atoms with Crippen molar-refractivity contribution in [1.29, 1.82) is 0 Å². The molecule has 0 saturated carbocycles. The maximum Gasteiger partial charge on any atom is 0.388 e. The van der Waals surface area contributed by atoms with Crippen LogP contribution in [0.25, 0.3) is 11.3 Å². The van der Waals surface area contributed by atoms with Gasteiger partial charge in [0.05, 0.1) is 5.69 Å². The van der Waals surface area contributed by atoms with Crippen LogP contribution in [0.5, 0.6) is 5.88 Å². The Morgan fingerprint density at radius 1 is 1.06 bits per heavy atom. The summed E-state index contributed by atoms with van der Waals surface area (Å²) in [5, 5.41) is 0. The van der Waals surface area contributed by atoms with E-state index in [2.05, 4.69) is 14.7 Å². The molecule has 0 aliphatic heterocycles. The molecule has 0 amide bonds. The molecule has 16 heavy (non-hydrogen) atoms. The van der Waals surface area contributed by atoms with Gasteiger partial charge in [-0.25, -0.2) is 9.97 Å². The summed E-state index contributed by atoms with van der Waals surface area (Å²) in [7, 11) is 0. The van der Waals surface area contributed by atoms with Crippen molar-refractivity contribution in [1.82, 2.24) is 9.97 Å². The van der Waals surface area contributed by atoms with Crippen LogP contribution < -0.4 is 4.74 Å². The third kappa shape index (κ3) is 2.50. The Labute approximate surface area is 90.7 Å². The van der Waals surface area contributed by atoms with Crippen LogP contribution in [-0.2, 0) is 0 Å². The Morgan fingerprint density at radius 3 is 2.50 bits per heavy atom. The molecule has 5 heteroatoms. The molecule has 0 N–H and O–H groups in total. The van der Waals surface area contributed by atoms with Crippen LogP contribution in [0.3, 0.4) is 0 Å². The number of benzene rings is 1. The molecule has 2 aromatic rings. The van der Waals surface area contributed by atoms with E-state index in [0.29, 0.717) is 5.69 Å². The van der Waals surface area contributed by atoms with Gasteiger partial charge in [-0.2, -0.15) is 8.78 Å². The van der Waals surface area contributed by atoms with Crippen LogP contribution in [-0.4, -0.2) is 16.6 Å². The Bertz CT molecular complexity index is 463. The van der Waals surface area contributed by atoms with E-state index in [4.69, 9.17) is 0 Å². The van der Waals surface area contributed by atoms with Gasteiger partial charge < -0.3 is 4.74 Å². The van der Waals surface area contributed by atoms with Crippen molar-refractivity contribution in [2.45, 2.75) is 6.61 Å². The summed E-state index contributed by atoms with van der Waals surface area (Å²) in [6, 6.07) is 10.6. The van der Waals surface area contributed by atoms with Gasteiger partial charge in [0.1, 0.15) is 6.33 Å². The molecule has 0 aliphatic rings. The molecule has 82 valence electrons. The minimum atomic E-state index is -2.88. The first-order valence-corrected chi connectivity index (χ1v) is 4.58. The number of nitrogens with zero attached hydrogens (tertiary/aromatic N) is 2. The molecule has 0 spiro atoms. The Hall–Kier alpha value is -2.04. The molecular formula is C11H8F2N2O. The lowest BCUT2D eigenvalue weighted by Crippen LogP contribution is -2.03. The van der Waals surface area contributed by atoms with Gasteiger partial charge in [0.25, 0.3) is 0 Å². The van der Waals surface area contributed by atoms with Crippen molar-refractivity contribution in [3.05, 3.63) is 42.7 Å². The predicted molar refractivity (Wildman–Crippen MR) is 54.1 cm³/mol. The number of halogens is 2. The van der Waals surface area contributed by atoms with Crippen LogP contribution in [0.2, 0.25) is 0 Å². The van der Waals surface area contributed by atoms with Crippen LogP contribution >= 0.6 is 0 Å². The van der Waals surface area contributed by atoms with Crippen molar-refractivity contribution in [2.75, 3.05) is 0 Å². The highest BCUT2D eigenvalue weighted by Crippen LogP contribution is 2.19. The standard InChI is InChI=1S/C11H8F2N2O/c12-11(13)16-10-6-9(14-7-15-10)8-4-2-1-3-5-8/h1-7,11H. The topological polar surface area (TPSA) is 35.0 Å². The van der Waals surface area contributed by atoms with E-state index in [1.165, 1.54) is 12.4 Å². The Morgan fingerprint density at radius 2 is 1.81 bits per heavy atom. The normalized spacial score (nSPS) is 10.4. The number of alkyl halides is 2. The van der Waals surface area contributed by atoms with Crippen LogP contribution in [0.1, 0.15) is 0 Å². The molecule has 0 atom stereocenters. The third-order valence-electron chi connectivity index (χ3n) is 1.92. The number of rotatable bonds is 3. The largest absolute Gasteiger partial charge is 0.417 e. The molecule has 2 rings (SSSR count). The van der Waals surface area contributed by atoms with E-state index in [1.54, 1.807) is 0 Å². The zero-order valence-corrected chi connectivity index (χ0v) is 8.18. The maximum atomic E-state index is 12.0. The lowest BCUT2D eigenvalue weighted by atomic mass is 10.1. The first-order chi connectivity index (χ1) is 7.75. The van der Waals surface area contributed by atoms with E-state index < -0.39 is 6.61 Å². The number of aromatic nitrogens is 2. The zero-order chi connectivity index (χ0) is 11.4. The van der Waals surface area contributed by atoms with Crippen molar-refractivity contribution in [3.8, 4) is 17.1 Å². The number of hydrogen-bond acceptors (Lipinski definition) is 3. The molecule has 1 aromatic carbocycles. The average Bonchev–Trinajstić information content (AvgIpc) is 2.30. The van der Waals surface area contributed by atoms with Gasteiger partial charge in [0.2, 0.25) is 5.88 Å². The average molecular weight is 222 g/mol. The van der Waals surface area contributed by atoms with Gasteiger partial charge in [-0.05, 0) is 0 Å². The van der Waals surface area contributed by atoms with Crippen molar-refractivity contribution < 1.29 is 13.5 Å². The van der Waals surface area contributed by atoms with Crippen molar-refractivity contribution in [3.63, 3.8) is 0 Å². The van der Waals surface area contributed by atoms with E-state index >= 15 is 0 Å². The predicted octanol–water partition coefficient (Wildman–Crippen LogP) is 2.75. The van der Waals surface area contributed by atoms with E-state index in [-0.39, 0.29) is 5.88 Å². The molecule has 0 aliphatic carbocycles. The van der Waals surface area contributed by atoms with Crippen LogP contribution in [0, 0.1) is 0 Å². The fourth-order valence-electron chi connectivity index (χ4n) is 1.26. The Balaban J connectivity index is 2.29. The molecule has 1 aromatic heterocycles. The molecule has 0 radical (unpaired) electrons. The van der Waals surface area contributed by atoms with E-state index in [9.17, 15) is 8.78 Å². The fourth-order valence-corrected chi connectivity index (χ4v) is 1.26. The summed E-state index contributed by atoms with van der Waals surface area (Å²) in [6.45, 7) is -2.88. The monoisotopic (exact) mass is 222 g/mol. The zero-order valence-electron chi connectivity index (χ0n) is 8.18. The lowest BCUT2D eigenvalue weighted by molar-refractivity contribution is -0.0528. The molecule has 0 saturated heterocycles. The SMILES string of the molecule is FC(F)Oc1cc(-c2ccccc2)ncn1. The second-order valence-corrected chi connectivity index (χ2v) is 2.99. The molecular weight excluding hydrogens is 214 g/mol. The van der Waals surface area contributed by atoms with Gasteiger partial charge in [0.15, 0.2) is 0 Å².